The Morgan fingerprint density at radius 1 is 1.04 bits per heavy atom. The summed E-state index contributed by atoms with van der Waals surface area (Å²) in [5.41, 5.74) is 1.27. The first kappa shape index (κ1) is 17.9. The second kappa shape index (κ2) is 8.01. The number of hydrogen-bond acceptors (Lipinski definition) is 5. The minimum atomic E-state index is -0.688. The molecule has 0 saturated carbocycles. The molecule has 0 heterocycles. The van der Waals surface area contributed by atoms with Gasteiger partial charge in [0.1, 0.15) is 11.6 Å². The highest BCUT2D eigenvalue weighted by atomic mass is 19.1. The van der Waals surface area contributed by atoms with E-state index in [1.807, 2.05) is 0 Å². The topological polar surface area (TPSA) is 81.8 Å². The van der Waals surface area contributed by atoms with Crippen molar-refractivity contribution in [3.63, 3.8) is 0 Å². The highest BCUT2D eigenvalue weighted by molar-refractivity contribution is 5.91. The van der Waals surface area contributed by atoms with Gasteiger partial charge >= 0.3 is 5.97 Å². The molecule has 0 saturated heterocycles. The number of non-ortho nitro benzene ring substituents is 1. The molecule has 0 fully saturated rings. The number of nitrogens with zero attached hydrogens (tertiary/aromatic N) is 2. The third-order valence-corrected chi connectivity index (χ3v) is 3.57. The van der Waals surface area contributed by atoms with Gasteiger partial charge in [-0.1, -0.05) is 6.07 Å². The fourth-order valence-corrected chi connectivity index (χ4v) is 2.21. The molecule has 134 valence electrons. The van der Waals surface area contributed by atoms with Crippen molar-refractivity contribution in [2.45, 2.75) is 0 Å². The number of halogens is 1. The number of nitro benzene ring substituents is 1. The van der Waals surface area contributed by atoms with Crippen LogP contribution in [0.3, 0.4) is 0 Å². The van der Waals surface area contributed by atoms with Crippen LogP contribution in [0.4, 0.5) is 15.8 Å². The van der Waals surface area contributed by atoms with Gasteiger partial charge in [-0.2, -0.15) is 0 Å². The number of benzene rings is 3. The van der Waals surface area contributed by atoms with Crippen molar-refractivity contribution in [1.29, 1.82) is 0 Å². The third kappa shape index (κ3) is 4.82. The summed E-state index contributed by atoms with van der Waals surface area (Å²) >= 11 is 0. The molecule has 0 unspecified atom stereocenters. The van der Waals surface area contributed by atoms with Crippen molar-refractivity contribution in [3.05, 3.63) is 99.9 Å². The molecule has 6 nitrogen and oxygen atoms in total. The fourth-order valence-electron chi connectivity index (χ4n) is 2.21. The van der Waals surface area contributed by atoms with Gasteiger partial charge in [-0.3, -0.25) is 15.1 Å². The van der Waals surface area contributed by atoms with E-state index in [0.29, 0.717) is 11.4 Å². The maximum Gasteiger partial charge on any atom is 0.343 e. The van der Waals surface area contributed by atoms with Gasteiger partial charge < -0.3 is 4.74 Å². The number of nitro groups is 1. The number of carbonyl (C=O) groups is 1. The van der Waals surface area contributed by atoms with E-state index in [2.05, 4.69) is 4.99 Å². The summed E-state index contributed by atoms with van der Waals surface area (Å²) < 4.78 is 18.1. The maximum atomic E-state index is 12.9. The number of esters is 1. The first-order valence-corrected chi connectivity index (χ1v) is 7.87. The molecule has 0 atom stereocenters. The summed E-state index contributed by atoms with van der Waals surface area (Å²) in [7, 11) is 0. The molecule has 0 aromatic heterocycles. The molecule has 0 aliphatic rings. The van der Waals surface area contributed by atoms with Crippen LogP contribution in [-0.4, -0.2) is 17.1 Å². The molecule has 3 aromatic rings. The van der Waals surface area contributed by atoms with Crippen LogP contribution in [-0.2, 0) is 0 Å². The van der Waals surface area contributed by atoms with Crippen LogP contribution in [0.1, 0.15) is 15.9 Å². The van der Waals surface area contributed by atoms with E-state index >= 15 is 0 Å². The molecular formula is C20H13FN2O4. The Bertz CT molecular complexity index is 999. The van der Waals surface area contributed by atoms with E-state index in [9.17, 15) is 19.3 Å². The first-order chi connectivity index (χ1) is 13.0. The maximum absolute atomic E-state index is 12.9. The quantitative estimate of drug-likeness (QED) is 0.216. The zero-order valence-electron chi connectivity index (χ0n) is 13.9. The van der Waals surface area contributed by atoms with Crippen molar-refractivity contribution in [1.82, 2.24) is 0 Å². The molecule has 0 radical (unpaired) electrons. The Labute approximate surface area is 153 Å². The number of carbonyl (C=O) groups excluding carboxylic acids is 1. The minimum Gasteiger partial charge on any atom is -0.423 e. The van der Waals surface area contributed by atoms with Crippen LogP contribution < -0.4 is 4.74 Å². The van der Waals surface area contributed by atoms with Crippen molar-refractivity contribution in [2.24, 2.45) is 4.99 Å². The van der Waals surface area contributed by atoms with Crippen LogP contribution >= 0.6 is 0 Å². The van der Waals surface area contributed by atoms with Gasteiger partial charge in [-0.05, 0) is 60.2 Å². The Morgan fingerprint density at radius 2 is 1.74 bits per heavy atom. The van der Waals surface area contributed by atoms with Gasteiger partial charge in [0.25, 0.3) is 5.69 Å². The number of hydrogen-bond donors (Lipinski definition) is 0. The summed E-state index contributed by atoms with van der Waals surface area (Å²) in [5.74, 6) is -0.722. The zero-order chi connectivity index (χ0) is 19.2. The third-order valence-electron chi connectivity index (χ3n) is 3.57. The van der Waals surface area contributed by atoms with E-state index < -0.39 is 10.9 Å². The molecule has 0 N–H and O–H groups in total. The molecule has 3 aromatic carbocycles. The second-order valence-corrected chi connectivity index (χ2v) is 5.50. The lowest BCUT2D eigenvalue weighted by atomic mass is 10.2. The van der Waals surface area contributed by atoms with Gasteiger partial charge in [-0.15, -0.1) is 0 Å². The van der Waals surface area contributed by atoms with E-state index in [1.165, 1.54) is 30.3 Å². The first-order valence-electron chi connectivity index (χ1n) is 7.87. The second-order valence-electron chi connectivity index (χ2n) is 5.50. The largest absolute Gasteiger partial charge is 0.423 e. The summed E-state index contributed by atoms with van der Waals surface area (Å²) in [4.78, 5) is 26.5. The molecule has 0 bridgehead atoms. The van der Waals surface area contributed by atoms with Gasteiger partial charge in [0.05, 0.1) is 16.2 Å². The Kier molecular flexibility index (Phi) is 5.32. The molecule has 0 spiro atoms. The highest BCUT2D eigenvalue weighted by Gasteiger charge is 2.13. The lowest BCUT2D eigenvalue weighted by molar-refractivity contribution is -0.384. The average molecular weight is 364 g/mol. The van der Waals surface area contributed by atoms with E-state index in [1.54, 1.807) is 42.6 Å². The van der Waals surface area contributed by atoms with Crippen molar-refractivity contribution >= 4 is 23.6 Å². The number of ether oxygens (including phenoxy) is 1. The van der Waals surface area contributed by atoms with Crippen molar-refractivity contribution in [2.75, 3.05) is 0 Å². The molecule has 3 rings (SSSR count). The molecule has 0 aliphatic carbocycles. The summed E-state index contributed by atoms with van der Waals surface area (Å²) in [6.45, 7) is 0. The Hall–Kier alpha value is -3.87. The lowest BCUT2D eigenvalue weighted by Crippen LogP contribution is -2.08. The Balaban J connectivity index is 1.66. The van der Waals surface area contributed by atoms with Crippen LogP contribution in [0, 0.1) is 15.9 Å². The Morgan fingerprint density at radius 3 is 2.41 bits per heavy atom. The summed E-state index contributed by atoms with van der Waals surface area (Å²) in [6, 6.07) is 17.6. The van der Waals surface area contributed by atoms with Crippen molar-refractivity contribution < 1.29 is 18.8 Å². The predicted octanol–water partition coefficient (Wildman–Crippen LogP) is 4.70. The SMILES string of the molecule is O=C(Oc1ccc(C=Nc2ccc(F)cc2)cc1)c1cccc([N+](=O)[O-])c1. The van der Waals surface area contributed by atoms with E-state index in [0.717, 1.165) is 11.6 Å². The molecule has 0 amide bonds. The highest BCUT2D eigenvalue weighted by Crippen LogP contribution is 2.18. The molecule has 0 aliphatic heterocycles. The summed E-state index contributed by atoms with van der Waals surface area (Å²) in [6.07, 6.45) is 1.60. The zero-order valence-corrected chi connectivity index (χ0v) is 13.9. The van der Waals surface area contributed by atoms with Gasteiger partial charge in [-0.25, -0.2) is 9.18 Å². The normalized spacial score (nSPS) is 10.7. The van der Waals surface area contributed by atoms with E-state index in [-0.39, 0.29) is 17.1 Å². The molecular weight excluding hydrogens is 351 g/mol. The predicted molar refractivity (Wildman–Crippen MR) is 98.2 cm³/mol. The summed E-state index contributed by atoms with van der Waals surface area (Å²) in [5, 5.41) is 10.8. The van der Waals surface area contributed by atoms with Gasteiger partial charge in [0.15, 0.2) is 0 Å². The standard InChI is InChI=1S/C20H13FN2O4/c21-16-6-8-17(9-7-16)22-13-14-4-10-19(11-5-14)27-20(24)15-2-1-3-18(12-15)23(25)26/h1-13H. The van der Waals surface area contributed by atoms with E-state index in [4.69, 9.17) is 4.74 Å². The lowest BCUT2D eigenvalue weighted by Gasteiger charge is -2.04. The van der Waals surface area contributed by atoms with Crippen LogP contribution in [0.2, 0.25) is 0 Å². The van der Waals surface area contributed by atoms with Crippen LogP contribution in [0.15, 0.2) is 77.8 Å². The monoisotopic (exact) mass is 364 g/mol. The average Bonchev–Trinajstić information content (AvgIpc) is 2.68. The van der Waals surface area contributed by atoms with Crippen LogP contribution in [0.25, 0.3) is 0 Å². The van der Waals surface area contributed by atoms with Crippen LogP contribution in [0.5, 0.6) is 5.75 Å². The minimum absolute atomic E-state index is 0.0890. The molecule has 27 heavy (non-hydrogen) atoms. The number of aliphatic imine (C=N–C) groups is 1. The fraction of sp³-hybridized carbons (Fsp3) is 0. The van der Waals surface area contributed by atoms with Gasteiger partial charge in [0, 0.05) is 18.3 Å². The smallest absolute Gasteiger partial charge is 0.343 e. The van der Waals surface area contributed by atoms with Gasteiger partial charge in [0.2, 0.25) is 0 Å². The number of rotatable bonds is 5. The molecule has 7 heteroatoms. The van der Waals surface area contributed by atoms with Crippen molar-refractivity contribution in [3.8, 4) is 5.75 Å².